The van der Waals surface area contributed by atoms with Crippen molar-refractivity contribution in [3.8, 4) is 5.75 Å². The summed E-state index contributed by atoms with van der Waals surface area (Å²) in [5.74, 6) is 0.548. The summed E-state index contributed by atoms with van der Waals surface area (Å²) in [4.78, 5) is 0.244. The Morgan fingerprint density at radius 3 is 2.40 bits per heavy atom. The van der Waals surface area contributed by atoms with E-state index < -0.39 is 10.0 Å². The number of aliphatic hydroxyl groups excluding tert-OH is 1. The molecule has 0 radical (unpaired) electrons. The van der Waals surface area contributed by atoms with Crippen LogP contribution in [0.3, 0.4) is 0 Å². The zero-order valence-electron chi connectivity index (χ0n) is 11.6. The summed E-state index contributed by atoms with van der Waals surface area (Å²) in [5.41, 5.74) is -0.259. The fourth-order valence-corrected chi connectivity index (χ4v) is 3.88. The maximum absolute atomic E-state index is 12.3. The van der Waals surface area contributed by atoms with Gasteiger partial charge in [-0.05, 0) is 49.9 Å². The first-order chi connectivity index (χ1) is 9.51. The van der Waals surface area contributed by atoms with Crippen molar-refractivity contribution < 1.29 is 18.3 Å². The molecule has 0 unspecified atom stereocenters. The van der Waals surface area contributed by atoms with Gasteiger partial charge in [-0.3, -0.25) is 0 Å². The van der Waals surface area contributed by atoms with Crippen molar-refractivity contribution >= 4 is 10.0 Å². The molecule has 0 heterocycles. The van der Waals surface area contributed by atoms with Crippen LogP contribution in [-0.2, 0) is 10.0 Å². The highest BCUT2D eigenvalue weighted by Crippen LogP contribution is 2.36. The van der Waals surface area contributed by atoms with Gasteiger partial charge in [0.1, 0.15) is 12.4 Å². The molecule has 2 rings (SSSR count). The molecule has 0 aliphatic heterocycles. The summed E-state index contributed by atoms with van der Waals surface area (Å²) in [6, 6.07) is 6.25. The normalized spacial score (nSPS) is 17.5. The third-order valence-electron chi connectivity index (χ3n) is 3.83. The van der Waals surface area contributed by atoms with Gasteiger partial charge in [0.05, 0.1) is 11.5 Å². The molecule has 1 aliphatic carbocycles. The molecule has 0 spiro atoms. The smallest absolute Gasteiger partial charge is 0.241 e. The molecule has 112 valence electrons. The summed E-state index contributed by atoms with van der Waals surface area (Å²) < 4.78 is 32.7. The first kappa shape index (κ1) is 15.3. The summed E-state index contributed by atoms with van der Waals surface area (Å²) in [7, 11) is -3.48. The van der Waals surface area contributed by atoms with Crippen LogP contribution in [0.5, 0.6) is 5.75 Å². The lowest BCUT2D eigenvalue weighted by atomic mass is 9.76. The van der Waals surface area contributed by atoms with E-state index in [0.717, 1.165) is 25.7 Å². The lowest BCUT2D eigenvalue weighted by Crippen LogP contribution is -2.52. The molecule has 0 aromatic heterocycles. The Labute approximate surface area is 120 Å². The third kappa shape index (κ3) is 3.31. The standard InChI is InChI=1S/C14H21NO4S/c1-2-14(8-3-9-14)15-20(17,18)13-6-4-12(5-7-13)19-11-10-16/h4-7,15-16H,2-3,8-11H2,1H3. The van der Waals surface area contributed by atoms with Crippen molar-refractivity contribution in [2.24, 2.45) is 0 Å². The minimum Gasteiger partial charge on any atom is -0.491 e. The van der Waals surface area contributed by atoms with Gasteiger partial charge in [-0.25, -0.2) is 13.1 Å². The van der Waals surface area contributed by atoms with Gasteiger partial charge in [0.2, 0.25) is 10.0 Å². The number of ether oxygens (including phenoxy) is 1. The van der Waals surface area contributed by atoms with Crippen LogP contribution in [0, 0.1) is 0 Å². The summed E-state index contributed by atoms with van der Waals surface area (Å²) >= 11 is 0. The predicted molar refractivity (Wildman–Crippen MR) is 76.2 cm³/mol. The lowest BCUT2D eigenvalue weighted by Gasteiger charge is -2.41. The van der Waals surface area contributed by atoms with E-state index in [4.69, 9.17) is 9.84 Å². The van der Waals surface area contributed by atoms with Crippen LogP contribution < -0.4 is 9.46 Å². The molecule has 1 aromatic rings. The number of benzene rings is 1. The second-order valence-electron chi connectivity index (χ2n) is 5.14. The topological polar surface area (TPSA) is 75.6 Å². The second-order valence-corrected chi connectivity index (χ2v) is 6.82. The molecule has 1 fully saturated rings. The van der Waals surface area contributed by atoms with Gasteiger partial charge < -0.3 is 9.84 Å². The highest BCUT2D eigenvalue weighted by atomic mass is 32.2. The molecule has 6 heteroatoms. The van der Waals surface area contributed by atoms with Gasteiger partial charge in [-0.1, -0.05) is 6.92 Å². The molecule has 0 saturated heterocycles. The lowest BCUT2D eigenvalue weighted by molar-refractivity contribution is 0.201. The van der Waals surface area contributed by atoms with E-state index in [1.165, 1.54) is 12.1 Å². The Balaban J connectivity index is 2.09. The summed E-state index contributed by atoms with van der Waals surface area (Å²) in [6.07, 6.45) is 3.69. The molecule has 0 atom stereocenters. The average molecular weight is 299 g/mol. The van der Waals surface area contributed by atoms with Gasteiger partial charge >= 0.3 is 0 Å². The molecular formula is C14H21NO4S. The SMILES string of the molecule is CCC1(NS(=O)(=O)c2ccc(OCCO)cc2)CCC1. The Bertz CT molecular complexity index is 529. The number of nitrogens with one attached hydrogen (secondary N) is 1. The molecular weight excluding hydrogens is 278 g/mol. The van der Waals surface area contributed by atoms with E-state index in [2.05, 4.69) is 4.72 Å². The molecule has 2 N–H and O–H groups in total. The van der Waals surface area contributed by atoms with Gasteiger partial charge in [0, 0.05) is 5.54 Å². The van der Waals surface area contributed by atoms with E-state index in [1.54, 1.807) is 12.1 Å². The molecule has 20 heavy (non-hydrogen) atoms. The Morgan fingerprint density at radius 2 is 1.95 bits per heavy atom. The van der Waals surface area contributed by atoms with Crippen LogP contribution in [0.4, 0.5) is 0 Å². The minimum absolute atomic E-state index is 0.0688. The van der Waals surface area contributed by atoms with Gasteiger partial charge in [-0.15, -0.1) is 0 Å². The molecule has 1 saturated carbocycles. The highest BCUT2D eigenvalue weighted by Gasteiger charge is 2.38. The fourth-order valence-electron chi connectivity index (χ4n) is 2.35. The number of hydrogen-bond donors (Lipinski definition) is 2. The van der Waals surface area contributed by atoms with Crippen LogP contribution in [0.2, 0.25) is 0 Å². The van der Waals surface area contributed by atoms with E-state index in [9.17, 15) is 8.42 Å². The second kappa shape index (κ2) is 6.11. The molecule has 1 aliphatic rings. The number of sulfonamides is 1. The molecule has 5 nitrogen and oxygen atoms in total. The van der Waals surface area contributed by atoms with Crippen LogP contribution >= 0.6 is 0 Å². The van der Waals surface area contributed by atoms with E-state index in [0.29, 0.717) is 5.75 Å². The average Bonchev–Trinajstić information content (AvgIpc) is 2.41. The third-order valence-corrected chi connectivity index (χ3v) is 5.43. The van der Waals surface area contributed by atoms with E-state index >= 15 is 0 Å². The van der Waals surface area contributed by atoms with Crippen molar-refractivity contribution in [1.29, 1.82) is 0 Å². The van der Waals surface area contributed by atoms with Crippen molar-refractivity contribution in [1.82, 2.24) is 4.72 Å². The monoisotopic (exact) mass is 299 g/mol. The zero-order valence-corrected chi connectivity index (χ0v) is 12.4. The van der Waals surface area contributed by atoms with Crippen molar-refractivity contribution in [2.75, 3.05) is 13.2 Å². The molecule has 0 bridgehead atoms. The van der Waals surface area contributed by atoms with Crippen molar-refractivity contribution in [3.05, 3.63) is 24.3 Å². The molecule has 0 amide bonds. The first-order valence-electron chi connectivity index (χ1n) is 6.89. The Morgan fingerprint density at radius 1 is 1.30 bits per heavy atom. The minimum atomic E-state index is -3.48. The Kier molecular flexibility index (Phi) is 4.67. The first-order valence-corrected chi connectivity index (χ1v) is 8.37. The summed E-state index contributed by atoms with van der Waals surface area (Å²) in [5, 5.41) is 8.67. The quantitative estimate of drug-likeness (QED) is 0.803. The fraction of sp³-hybridized carbons (Fsp3) is 0.571. The maximum Gasteiger partial charge on any atom is 0.241 e. The highest BCUT2D eigenvalue weighted by molar-refractivity contribution is 7.89. The van der Waals surface area contributed by atoms with Gasteiger partial charge in [0.15, 0.2) is 0 Å². The Hall–Kier alpha value is -1.11. The number of rotatable bonds is 7. The molecule has 1 aromatic carbocycles. The van der Waals surface area contributed by atoms with Crippen LogP contribution in [0.25, 0.3) is 0 Å². The number of hydrogen-bond acceptors (Lipinski definition) is 4. The van der Waals surface area contributed by atoms with Crippen LogP contribution in [0.15, 0.2) is 29.2 Å². The van der Waals surface area contributed by atoms with Crippen LogP contribution in [-0.4, -0.2) is 32.3 Å². The van der Waals surface area contributed by atoms with Gasteiger partial charge in [-0.2, -0.15) is 0 Å². The summed E-state index contributed by atoms with van der Waals surface area (Å²) in [6.45, 7) is 2.14. The van der Waals surface area contributed by atoms with Gasteiger partial charge in [0.25, 0.3) is 0 Å². The van der Waals surface area contributed by atoms with Crippen molar-refractivity contribution in [3.63, 3.8) is 0 Å². The van der Waals surface area contributed by atoms with Crippen LogP contribution in [0.1, 0.15) is 32.6 Å². The number of aliphatic hydroxyl groups is 1. The van der Waals surface area contributed by atoms with Crippen molar-refractivity contribution in [2.45, 2.75) is 43.0 Å². The van der Waals surface area contributed by atoms with E-state index in [-0.39, 0.29) is 23.6 Å². The zero-order chi connectivity index (χ0) is 14.6. The maximum atomic E-state index is 12.3. The largest absolute Gasteiger partial charge is 0.491 e. The predicted octanol–water partition coefficient (Wildman–Crippen LogP) is 1.67. The van der Waals surface area contributed by atoms with E-state index in [1.807, 2.05) is 6.92 Å².